The monoisotopic (exact) mass is 339 g/mol. The van der Waals surface area contributed by atoms with Crippen molar-refractivity contribution in [3.05, 3.63) is 19.2 Å². The van der Waals surface area contributed by atoms with Gasteiger partial charge in [0.05, 0.1) is 7.57 Å². The van der Waals surface area contributed by atoms with Gasteiger partial charge in [0.25, 0.3) is 0 Å². The lowest BCUT2D eigenvalue weighted by Crippen LogP contribution is -2.13. The molecule has 4 heteroatoms. The van der Waals surface area contributed by atoms with Crippen molar-refractivity contribution in [2.24, 2.45) is 0 Å². The summed E-state index contributed by atoms with van der Waals surface area (Å²) in [5.41, 5.74) is 1.43. The van der Waals surface area contributed by atoms with Crippen LogP contribution in [0.25, 0.3) is 0 Å². The smallest absolute Gasteiger partial charge is 0.0742 e. The molecule has 14 heavy (non-hydrogen) atoms. The Morgan fingerprint density at radius 2 is 2.14 bits per heavy atom. The van der Waals surface area contributed by atoms with Crippen molar-refractivity contribution >= 4 is 43.2 Å². The molecular weight excluding hydrogens is 326 g/mol. The maximum absolute atomic E-state index is 3.57. The summed E-state index contributed by atoms with van der Waals surface area (Å²) in [6.07, 6.45) is 3.69. The first-order valence-corrected chi connectivity index (χ1v) is 7.28. The van der Waals surface area contributed by atoms with Gasteiger partial charge in [0.15, 0.2) is 0 Å². The molecule has 1 aromatic rings. The molecule has 1 N–H and O–H groups in total. The molecule has 0 bridgehead atoms. The van der Waals surface area contributed by atoms with Crippen LogP contribution in [0, 0.1) is 0 Å². The van der Waals surface area contributed by atoms with E-state index in [2.05, 4.69) is 50.2 Å². The first-order valence-electron chi connectivity index (χ1n) is 4.88. The van der Waals surface area contributed by atoms with Crippen LogP contribution >= 0.6 is 43.2 Å². The van der Waals surface area contributed by atoms with Crippen molar-refractivity contribution in [2.75, 3.05) is 13.1 Å². The number of thiophene rings is 1. The molecule has 0 saturated carbocycles. The fraction of sp³-hybridized carbons (Fsp3) is 0.600. The Hall–Kier alpha value is 0.620. The summed E-state index contributed by atoms with van der Waals surface area (Å²) >= 11 is 8.82. The second-order valence-electron chi connectivity index (χ2n) is 3.16. The number of aryl methyl sites for hydroxylation is 1. The summed E-state index contributed by atoms with van der Waals surface area (Å²) < 4.78 is 2.49. The maximum atomic E-state index is 3.57. The Kier molecular flexibility index (Phi) is 6.33. The van der Waals surface area contributed by atoms with Gasteiger partial charge < -0.3 is 5.32 Å². The second kappa shape index (κ2) is 6.99. The van der Waals surface area contributed by atoms with Crippen molar-refractivity contribution in [2.45, 2.75) is 26.2 Å². The van der Waals surface area contributed by atoms with E-state index >= 15 is 0 Å². The number of hydrogen-bond acceptors (Lipinski definition) is 2. The first-order chi connectivity index (χ1) is 6.74. The van der Waals surface area contributed by atoms with Gasteiger partial charge in [-0.3, -0.25) is 0 Å². The molecule has 0 amide bonds. The van der Waals surface area contributed by atoms with Crippen molar-refractivity contribution in [3.8, 4) is 0 Å². The Labute approximate surface area is 107 Å². The van der Waals surface area contributed by atoms with Crippen LogP contribution in [0.15, 0.2) is 13.6 Å². The molecule has 0 aliphatic heterocycles. The minimum absolute atomic E-state index is 1.08. The minimum atomic E-state index is 1.08. The Morgan fingerprint density at radius 3 is 2.71 bits per heavy atom. The van der Waals surface area contributed by atoms with Crippen LogP contribution in [-0.2, 0) is 6.42 Å². The zero-order chi connectivity index (χ0) is 10.4. The van der Waals surface area contributed by atoms with E-state index in [9.17, 15) is 0 Å². The second-order valence-corrected chi connectivity index (χ2v) is 6.91. The van der Waals surface area contributed by atoms with E-state index in [-0.39, 0.29) is 0 Å². The maximum Gasteiger partial charge on any atom is 0.0742 e. The topological polar surface area (TPSA) is 12.0 Å². The molecule has 1 aromatic heterocycles. The number of halogens is 2. The zero-order valence-electron chi connectivity index (χ0n) is 8.28. The van der Waals surface area contributed by atoms with Crippen LogP contribution in [0.3, 0.4) is 0 Å². The first kappa shape index (κ1) is 12.7. The summed E-state index contributed by atoms with van der Waals surface area (Å²) in [4.78, 5) is 0. The van der Waals surface area contributed by atoms with Crippen LogP contribution in [-0.4, -0.2) is 13.1 Å². The summed E-state index contributed by atoms with van der Waals surface area (Å²) in [7, 11) is 0. The summed E-state index contributed by atoms with van der Waals surface area (Å²) in [5, 5.41) is 3.34. The van der Waals surface area contributed by atoms with Crippen LogP contribution < -0.4 is 5.32 Å². The third-order valence-corrected chi connectivity index (χ3v) is 4.49. The van der Waals surface area contributed by atoms with Crippen LogP contribution in [0.5, 0.6) is 0 Å². The van der Waals surface area contributed by atoms with Crippen LogP contribution in [0.4, 0.5) is 0 Å². The molecular formula is C10H15Br2NS. The van der Waals surface area contributed by atoms with Gasteiger partial charge in [0, 0.05) is 0 Å². The van der Waals surface area contributed by atoms with Crippen LogP contribution in [0.1, 0.15) is 25.3 Å². The van der Waals surface area contributed by atoms with Gasteiger partial charge in [0.2, 0.25) is 0 Å². The predicted octanol–water partition coefficient (Wildman–Crippen LogP) is 4.21. The van der Waals surface area contributed by atoms with E-state index < -0.39 is 0 Å². The van der Waals surface area contributed by atoms with Crippen molar-refractivity contribution in [1.82, 2.24) is 5.32 Å². The molecule has 0 spiro atoms. The highest BCUT2D eigenvalue weighted by Gasteiger charge is 2.04. The van der Waals surface area contributed by atoms with E-state index in [1.54, 1.807) is 11.3 Å². The van der Waals surface area contributed by atoms with Gasteiger partial charge in [-0.15, -0.1) is 11.3 Å². The van der Waals surface area contributed by atoms with E-state index in [1.807, 2.05) is 0 Å². The van der Waals surface area contributed by atoms with Crippen molar-refractivity contribution < 1.29 is 0 Å². The lowest BCUT2D eigenvalue weighted by atomic mass is 10.1. The largest absolute Gasteiger partial charge is 0.317 e. The zero-order valence-corrected chi connectivity index (χ0v) is 12.3. The minimum Gasteiger partial charge on any atom is -0.317 e. The third kappa shape index (κ3) is 4.43. The Balaban J connectivity index is 2.21. The number of unbranched alkanes of at least 4 members (excludes halogenated alkanes) is 1. The molecule has 1 nitrogen and oxygen atoms in total. The molecule has 0 unspecified atom stereocenters. The SMILES string of the molecule is CCNCCCCc1cc(Br)sc1Br. The highest BCUT2D eigenvalue weighted by Crippen LogP contribution is 2.32. The fourth-order valence-electron chi connectivity index (χ4n) is 1.29. The van der Waals surface area contributed by atoms with Gasteiger partial charge in [0.1, 0.15) is 0 Å². The van der Waals surface area contributed by atoms with Gasteiger partial charge in [-0.05, 0) is 75.8 Å². The molecule has 0 atom stereocenters. The van der Waals surface area contributed by atoms with Crippen LogP contribution in [0.2, 0.25) is 0 Å². The fourth-order valence-corrected chi connectivity index (χ4v) is 4.20. The summed E-state index contributed by atoms with van der Waals surface area (Å²) in [5.74, 6) is 0. The molecule has 80 valence electrons. The lowest BCUT2D eigenvalue weighted by Gasteiger charge is -2.01. The molecule has 0 fully saturated rings. The van der Waals surface area contributed by atoms with Gasteiger partial charge in [-0.2, -0.15) is 0 Å². The Morgan fingerprint density at radius 1 is 1.36 bits per heavy atom. The van der Waals surface area contributed by atoms with E-state index in [1.165, 1.54) is 32.4 Å². The highest BCUT2D eigenvalue weighted by molar-refractivity contribution is 9.12. The molecule has 0 aromatic carbocycles. The average molecular weight is 341 g/mol. The average Bonchev–Trinajstić information content (AvgIpc) is 2.45. The van der Waals surface area contributed by atoms with E-state index in [4.69, 9.17) is 0 Å². The molecule has 0 aliphatic carbocycles. The Bertz CT molecular complexity index is 273. The summed E-state index contributed by atoms with van der Waals surface area (Å²) in [6, 6.07) is 2.21. The van der Waals surface area contributed by atoms with Crippen molar-refractivity contribution in [1.29, 1.82) is 0 Å². The van der Waals surface area contributed by atoms with Crippen molar-refractivity contribution in [3.63, 3.8) is 0 Å². The molecule has 0 radical (unpaired) electrons. The molecule has 1 rings (SSSR count). The standard InChI is InChI=1S/C10H15Br2NS/c1-2-13-6-4-3-5-8-7-9(11)14-10(8)12/h7,13H,2-6H2,1H3. The normalized spacial score (nSPS) is 10.8. The number of rotatable bonds is 6. The quantitative estimate of drug-likeness (QED) is 0.765. The lowest BCUT2D eigenvalue weighted by molar-refractivity contribution is 0.641. The van der Waals surface area contributed by atoms with E-state index in [0.29, 0.717) is 0 Å². The predicted molar refractivity (Wildman–Crippen MR) is 71.2 cm³/mol. The molecule has 1 heterocycles. The van der Waals surface area contributed by atoms with Gasteiger partial charge >= 0.3 is 0 Å². The number of hydrogen-bond donors (Lipinski definition) is 1. The highest BCUT2D eigenvalue weighted by atomic mass is 79.9. The third-order valence-electron chi connectivity index (χ3n) is 2.03. The summed E-state index contributed by atoms with van der Waals surface area (Å²) in [6.45, 7) is 4.36. The number of nitrogens with one attached hydrogen (secondary N) is 1. The van der Waals surface area contributed by atoms with E-state index in [0.717, 1.165) is 13.1 Å². The van der Waals surface area contributed by atoms with Gasteiger partial charge in [-0.25, -0.2) is 0 Å². The molecule has 0 saturated heterocycles. The molecule has 0 aliphatic rings. The van der Waals surface area contributed by atoms with Gasteiger partial charge in [-0.1, -0.05) is 6.92 Å².